The normalized spacial score (nSPS) is 20.6. The quantitative estimate of drug-likeness (QED) is 0.846. The Labute approximate surface area is 172 Å². The van der Waals surface area contributed by atoms with Gasteiger partial charge in [-0.2, -0.15) is 0 Å². The molecule has 0 aliphatic carbocycles. The SMILES string of the molecule is O=C(Nc1ccccc1)C1CCN(C(=O)CN2CCC[C@H]2c2ccccc2)CC1. The van der Waals surface area contributed by atoms with E-state index in [1.165, 1.54) is 5.56 Å². The number of carbonyl (C=O) groups excluding carboxylic acids is 2. The second-order valence-electron chi connectivity index (χ2n) is 8.05. The van der Waals surface area contributed by atoms with Crippen LogP contribution in [-0.2, 0) is 9.59 Å². The lowest BCUT2D eigenvalue weighted by molar-refractivity contribution is -0.135. The third-order valence-electron chi connectivity index (χ3n) is 6.15. The average Bonchev–Trinajstić information content (AvgIpc) is 3.23. The number of nitrogens with one attached hydrogen (secondary N) is 1. The van der Waals surface area contributed by atoms with Gasteiger partial charge in [0.15, 0.2) is 0 Å². The minimum Gasteiger partial charge on any atom is -0.342 e. The molecular weight excluding hydrogens is 362 g/mol. The molecule has 2 amide bonds. The van der Waals surface area contributed by atoms with Crippen LogP contribution in [0.1, 0.15) is 37.3 Å². The van der Waals surface area contributed by atoms with Gasteiger partial charge < -0.3 is 10.2 Å². The predicted molar refractivity (Wildman–Crippen MR) is 114 cm³/mol. The summed E-state index contributed by atoms with van der Waals surface area (Å²) in [6.45, 7) is 2.77. The van der Waals surface area contributed by atoms with Crippen LogP contribution >= 0.6 is 0 Å². The minimum atomic E-state index is -0.0249. The van der Waals surface area contributed by atoms with Crippen molar-refractivity contribution < 1.29 is 9.59 Å². The molecule has 2 saturated heterocycles. The van der Waals surface area contributed by atoms with Gasteiger partial charge >= 0.3 is 0 Å². The molecule has 1 atom stereocenters. The van der Waals surface area contributed by atoms with Crippen LogP contribution in [0.25, 0.3) is 0 Å². The smallest absolute Gasteiger partial charge is 0.236 e. The largest absolute Gasteiger partial charge is 0.342 e. The maximum atomic E-state index is 12.9. The molecular formula is C24H29N3O2. The number of piperidine rings is 1. The van der Waals surface area contributed by atoms with Crippen LogP contribution in [0.4, 0.5) is 5.69 Å². The highest BCUT2D eigenvalue weighted by Crippen LogP contribution is 2.31. The standard InChI is InChI=1S/C24H29N3O2/c28-23(18-27-15-7-12-22(27)19-8-3-1-4-9-19)26-16-13-20(14-17-26)24(29)25-21-10-5-2-6-11-21/h1-6,8-11,20,22H,7,12-18H2,(H,25,29)/t22-/m0/s1. The van der Waals surface area contributed by atoms with Crippen molar-refractivity contribution in [2.75, 3.05) is 31.5 Å². The number of rotatable bonds is 5. The van der Waals surface area contributed by atoms with Gasteiger partial charge in [-0.15, -0.1) is 0 Å². The summed E-state index contributed by atoms with van der Waals surface area (Å²) in [6, 6.07) is 20.4. The molecule has 2 fully saturated rings. The fourth-order valence-electron chi connectivity index (χ4n) is 4.50. The number of carbonyl (C=O) groups is 2. The molecule has 5 nitrogen and oxygen atoms in total. The Hall–Kier alpha value is -2.66. The fraction of sp³-hybridized carbons (Fsp3) is 0.417. The second-order valence-corrected chi connectivity index (χ2v) is 8.05. The van der Waals surface area contributed by atoms with Crippen molar-refractivity contribution in [3.63, 3.8) is 0 Å². The number of benzene rings is 2. The second kappa shape index (κ2) is 9.23. The van der Waals surface area contributed by atoms with Crippen molar-refractivity contribution in [1.29, 1.82) is 0 Å². The van der Waals surface area contributed by atoms with E-state index in [-0.39, 0.29) is 17.7 Å². The first-order valence-corrected chi connectivity index (χ1v) is 10.6. The van der Waals surface area contributed by atoms with Crippen molar-refractivity contribution in [1.82, 2.24) is 9.80 Å². The molecule has 4 rings (SSSR count). The van der Waals surface area contributed by atoms with Crippen molar-refractivity contribution in [2.24, 2.45) is 5.92 Å². The van der Waals surface area contributed by atoms with Gasteiger partial charge in [0.25, 0.3) is 0 Å². The first-order chi connectivity index (χ1) is 14.2. The molecule has 2 aromatic rings. The maximum Gasteiger partial charge on any atom is 0.236 e. The van der Waals surface area contributed by atoms with Gasteiger partial charge in [0, 0.05) is 30.7 Å². The van der Waals surface area contributed by atoms with Gasteiger partial charge in [-0.3, -0.25) is 14.5 Å². The Morgan fingerprint density at radius 2 is 1.52 bits per heavy atom. The summed E-state index contributed by atoms with van der Waals surface area (Å²) in [4.78, 5) is 29.6. The summed E-state index contributed by atoms with van der Waals surface area (Å²) < 4.78 is 0. The monoisotopic (exact) mass is 391 g/mol. The predicted octanol–water partition coefficient (Wildman–Crippen LogP) is 3.70. The van der Waals surface area contributed by atoms with E-state index in [0.717, 1.165) is 37.9 Å². The minimum absolute atomic E-state index is 0.0249. The highest BCUT2D eigenvalue weighted by atomic mass is 16.2. The summed E-state index contributed by atoms with van der Waals surface area (Å²) >= 11 is 0. The summed E-state index contributed by atoms with van der Waals surface area (Å²) in [6.07, 6.45) is 3.70. The Morgan fingerprint density at radius 1 is 0.862 bits per heavy atom. The van der Waals surface area contributed by atoms with Crippen LogP contribution in [0.5, 0.6) is 0 Å². The number of para-hydroxylation sites is 1. The first-order valence-electron chi connectivity index (χ1n) is 10.6. The van der Waals surface area contributed by atoms with E-state index >= 15 is 0 Å². The molecule has 1 N–H and O–H groups in total. The van der Waals surface area contributed by atoms with Crippen LogP contribution in [-0.4, -0.2) is 47.8 Å². The number of hydrogen-bond acceptors (Lipinski definition) is 3. The lowest BCUT2D eigenvalue weighted by Gasteiger charge is -2.33. The molecule has 2 aromatic carbocycles. The van der Waals surface area contributed by atoms with E-state index in [2.05, 4.69) is 34.5 Å². The lowest BCUT2D eigenvalue weighted by atomic mass is 9.95. The molecule has 0 radical (unpaired) electrons. The Bertz CT molecular complexity index is 817. The molecule has 2 aliphatic rings. The molecule has 0 bridgehead atoms. The van der Waals surface area contributed by atoms with E-state index in [4.69, 9.17) is 0 Å². The Balaban J connectivity index is 1.27. The first kappa shape index (κ1) is 19.6. The van der Waals surface area contributed by atoms with Crippen molar-refractivity contribution >= 4 is 17.5 Å². The summed E-state index contributed by atoms with van der Waals surface area (Å²) in [5.41, 5.74) is 2.13. The molecule has 152 valence electrons. The van der Waals surface area contributed by atoms with Gasteiger partial charge in [-0.05, 0) is 49.9 Å². The van der Waals surface area contributed by atoms with Gasteiger partial charge in [0.05, 0.1) is 6.54 Å². The zero-order valence-electron chi connectivity index (χ0n) is 16.8. The van der Waals surface area contributed by atoms with E-state index in [1.807, 2.05) is 41.3 Å². The molecule has 29 heavy (non-hydrogen) atoms. The van der Waals surface area contributed by atoms with Crippen molar-refractivity contribution in [3.8, 4) is 0 Å². The average molecular weight is 392 g/mol. The van der Waals surface area contributed by atoms with Crippen LogP contribution in [0, 0.1) is 5.92 Å². The van der Waals surface area contributed by atoms with E-state index in [9.17, 15) is 9.59 Å². The van der Waals surface area contributed by atoms with Crippen LogP contribution in [0.2, 0.25) is 0 Å². The maximum absolute atomic E-state index is 12.9. The third-order valence-corrected chi connectivity index (χ3v) is 6.15. The van der Waals surface area contributed by atoms with E-state index in [1.54, 1.807) is 0 Å². The molecule has 2 aliphatic heterocycles. The Morgan fingerprint density at radius 3 is 2.21 bits per heavy atom. The summed E-state index contributed by atoms with van der Waals surface area (Å²) in [7, 11) is 0. The third kappa shape index (κ3) is 4.85. The molecule has 0 aromatic heterocycles. The lowest BCUT2D eigenvalue weighted by Crippen LogP contribution is -2.45. The van der Waals surface area contributed by atoms with Crippen molar-refractivity contribution in [2.45, 2.75) is 31.7 Å². The summed E-state index contributed by atoms with van der Waals surface area (Å²) in [5, 5.41) is 2.99. The number of hydrogen-bond donors (Lipinski definition) is 1. The molecule has 0 spiro atoms. The van der Waals surface area contributed by atoms with Crippen LogP contribution in [0.3, 0.4) is 0 Å². The number of amides is 2. The number of nitrogens with zero attached hydrogens (tertiary/aromatic N) is 2. The Kier molecular flexibility index (Phi) is 6.25. The fourth-order valence-corrected chi connectivity index (χ4v) is 4.50. The molecule has 5 heteroatoms. The van der Waals surface area contributed by atoms with Gasteiger partial charge in [-0.1, -0.05) is 48.5 Å². The van der Waals surface area contributed by atoms with Gasteiger partial charge in [0.1, 0.15) is 0 Å². The number of likely N-dealkylation sites (tertiary alicyclic amines) is 2. The van der Waals surface area contributed by atoms with E-state index in [0.29, 0.717) is 25.7 Å². The number of anilines is 1. The highest BCUT2D eigenvalue weighted by Gasteiger charge is 2.31. The molecule has 0 saturated carbocycles. The van der Waals surface area contributed by atoms with E-state index < -0.39 is 0 Å². The van der Waals surface area contributed by atoms with Crippen molar-refractivity contribution in [3.05, 3.63) is 66.2 Å². The molecule has 0 unspecified atom stereocenters. The zero-order valence-corrected chi connectivity index (χ0v) is 16.8. The van der Waals surface area contributed by atoms with Crippen LogP contribution < -0.4 is 5.32 Å². The van der Waals surface area contributed by atoms with Gasteiger partial charge in [0.2, 0.25) is 11.8 Å². The molecule has 2 heterocycles. The zero-order chi connectivity index (χ0) is 20.1. The topological polar surface area (TPSA) is 52.7 Å². The van der Waals surface area contributed by atoms with Crippen LogP contribution in [0.15, 0.2) is 60.7 Å². The van der Waals surface area contributed by atoms with Gasteiger partial charge in [-0.25, -0.2) is 0 Å². The summed E-state index contributed by atoms with van der Waals surface area (Å²) in [5.74, 6) is 0.227. The highest BCUT2D eigenvalue weighted by molar-refractivity contribution is 5.92.